The molecular weight excluding hydrogens is 217 g/mol. The average Bonchev–Trinajstić information content (AvgIpc) is 2.30. The number of rotatable bonds is 6. The van der Waals surface area contributed by atoms with Gasteiger partial charge in [-0.15, -0.1) is 6.42 Å². The second-order valence-corrected chi connectivity index (χ2v) is 3.79. The highest BCUT2D eigenvalue weighted by Crippen LogP contribution is 2.18. The van der Waals surface area contributed by atoms with E-state index in [-0.39, 0.29) is 5.82 Å². The maximum atomic E-state index is 13.2. The highest BCUT2D eigenvalue weighted by Gasteiger charge is 2.11. The molecule has 17 heavy (non-hydrogen) atoms. The van der Waals surface area contributed by atoms with E-state index in [0.29, 0.717) is 13.1 Å². The van der Waals surface area contributed by atoms with Crippen molar-refractivity contribution in [2.24, 2.45) is 0 Å². The van der Waals surface area contributed by atoms with Crippen molar-refractivity contribution in [2.75, 3.05) is 25.0 Å². The number of anilines is 1. The molecule has 0 aliphatic carbocycles. The summed E-state index contributed by atoms with van der Waals surface area (Å²) < 4.78 is 13.2. The smallest absolute Gasteiger partial charge is 0.141 e. The van der Waals surface area contributed by atoms with Gasteiger partial charge in [0.2, 0.25) is 0 Å². The van der Waals surface area contributed by atoms with Gasteiger partial charge in [0.25, 0.3) is 0 Å². The second kappa shape index (κ2) is 6.87. The molecule has 92 valence electrons. The Morgan fingerprint density at radius 1 is 1.59 bits per heavy atom. The molecule has 0 aliphatic heterocycles. The number of halogens is 1. The molecule has 1 heterocycles. The molecule has 1 aromatic heterocycles. The number of aromatic nitrogens is 1. The van der Waals surface area contributed by atoms with Gasteiger partial charge in [0, 0.05) is 18.7 Å². The number of hydrogen-bond donors (Lipinski definition) is 1. The number of pyridine rings is 1. The SMILES string of the molecule is C#CCN(CCC)c1ncc(F)cc1CNC. The van der Waals surface area contributed by atoms with Gasteiger partial charge in [-0.1, -0.05) is 12.8 Å². The van der Waals surface area contributed by atoms with Crippen LogP contribution in [0.4, 0.5) is 10.2 Å². The summed E-state index contributed by atoms with van der Waals surface area (Å²) in [4.78, 5) is 6.14. The van der Waals surface area contributed by atoms with Crippen molar-refractivity contribution >= 4 is 5.82 Å². The molecule has 0 aliphatic rings. The molecule has 0 aromatic carbocycles. The number of nitrogens with zero attached hydrogens (tertiary/aromatic N) is 2. The average molecular weight is 235 g/mol. The monoisotopic (exact) mass is 235 g/mol. The molecule has 0 saturated carbocycles. The van der Waals surface area contributed by atoms with Gasteiger partial charge in [0.15, 0.2) is 0 Å². The van der Waals surface area contributed by atoms with Gasteiger partial charge in [-0.2, -0.15) is 0 Å². The number of terminal acetylenes is 1. The molecule has 4 heteroatoms. The first kappa shape index (κ1) is 13.5. The van der Waals surface area contributed by atoms with E-state index in [2.05, 4.69) is 23.1 Å². The van der Waals surface area contributed by atoms with Crippen molar-refractivity contribution in [3.8, 4) is 12.3 Å². The number of nitrogens with one attached hydrogen (secondary N) is 1. The fraction of sp³-hybridized carbons (Fsp3) is 0.462. The molecule has 0 radical (unpaired) electrons. The van der Waals surface area contributed by atoms with Crippen LogP contribution in [0.15, 0.2) is 12.3 Å². The van der Waals surface area contributed by atoms with Gasteiger partial charge in [-0.3, -0.25) is 0 Å². The minimum Gasteiger partial charge on any atom is -0.345 e. The molecule has 0 unspecified atom stereocenters. The molecule has 1 aromatic rings. The molecule has 0 spiro atoms. The lowest BCUT2D eigenvalue weighted by Gasteiger charge is -2.23. The maximum absolute atomic E-state index is 13.2. The predicted molar refractivity (Wildman–Crippen MR) is 68.3 cm³/mol. The lowest BCUT2D eigenvalue weighted by atomic mass is 10.2. The zero-order valence-electron chi connectivity index (χ0n) is 10.3. The van der Waals surface area contributed by atoms with Crippen LogP contribution >= 0.6 is 0 Å². The summed E-state index contributed by atoms with van der Waals surface area (Å²) in [6.07, 6.45) is 7.54. The van der Waals surface area contributed by atoms with Crippen LogP contribution in [0, 0.1) is 18.2 Å². The van der Waals surface area contributed by atoms with E-state index in [9.17, 15) is 4.39 Å². The Hall–Kier alpha value is -1.60. The van der Waals surface area contributed by atoms with Crippen LogP contribution in [-0.4, -0.2) is 25.1 Å². The van der Waals surface area contributed by atoms with Gasteiger partial charge in [0.1, 0.15) is 11.6 Å². The van der Waals surface area contributed by atoms with E-state index in [0.717, 1.165) is 24.3 Å². The van der Waals surface area contributed by atoms with Crippen molar-refractivity contribution in [1.82, 2.24) is 10.3 Å². The van der Waals surface area contributed by atoms with Gasteiger partial charge >= 0.3 is 0 Å². The van der Waals surface area contributed by atoms with Gasteiger partial charge in [-0.25, -0.2) is 9.37 Å². The Kier molecular flexibility index (Phi) is 5.44. The molecule has 0 bridgehead atoms. The fourth-order valence-corrected chi connectivity index (χ4v) is 1.72. The highest BCUT2D eigenvalue weighted by atomic mass is 19.1. The first-order chi connectivity index (χ1) is 8.22. The van der Waals surface area contributed by atoms with Gasteiger partial charge in [-0.05, 0) is 19.5 Å². The second-order valence-electron chi connectivity index (χ2n) is 3.79. The molecular formula is C13H18FN3. The van der Waals surface area contributed by atoms with E-state index in [1.165, 1.54) is 12.3 Å². The van der Waals surface area contributed by atoms with E-state index in [1.807, 2.05) is 11.9 Å². The van der Waals surface area contributed by atoms with Crippen molar-refractivity contribution in [2.45, 2.75) is 19.9 Å². The summed E-state index contributed by atoms with van der Waals surface area (Å²) in [5.74, 6) is 3.05. The Morgan fingerprint density at radius 3 is 2.94 bits per heavy atom. The molecule has 3 nitrogen and oxygen atoms in total. The summed E-state index contributed by atoms with van der Waals surface area (Å²) >= 11 is 0. The Labute approximate surface area is 102 Å². The lowest BCUT2D eigenvalue weighted by molar-refractivity contribution is 0.615. The van der Waals surface area contributed by atoms with Crippen LogP contribution in [0.2, 0.25) is 0 Å². The van der Waals surface area contributed by atoms with Crippen LogP contribution in [0.5, 0.6) is 0 Å². The minimum atomic E-state index is -0.323. The zero-order chi connectivity index (χ0) is 12.7. The third-order valence-electron chi connectivity index (χ3n) is 2.35. The molecule has 0 fully saturated rings. The van der Waals surface area contributed by atoms with Gasteiger partial charge in [0.05, 0.1) is 12.7 Å². The zero-order valence-corrected chi connectivity index (χ0v) is 10.3. The first-order valence-corrected chi connectivity index (χ1v) is 5.70. The molecule has 0 saturated heterocycles. The third-order valence-corrected chi connectivity index (χ3v) is 2.35. The van der Waals surface area contributed by atoms with Crippen LogP contribution in [0.1, 0.15) is 18.9 Å². The number of hydrogen-bond acceptors (Lipinski definition) is 3. The largest absolute Gasteiger partial charge is 0.345 e. The van der Waals surface area contributed by atoms with Gasteiger partial charge < -0.3 is 10.2 Å². The summed E-state index contributed by atoms with van der Waals surface area (Å²) in [5, 5.41) is 3.01. The van der Waals surface area contributed by atoms with E-state index >= 15 is 0 Å². The quantitative estimate of drug-likeness (QED) is 0.762. The highest BCUT2D eigenvalue weighted by molar-refractivity contribution is 5.48. The summed E-state index contributed by atoms with van der Waals surface area (Å²) in [7, 11) is 1.82. The minimum absolute atomic E-state index is 0.323. The van der Waals surface area contributed by atoms with Crippen LogP contribution in [0.25, 0.3) is 0 Å². The van der Waals surface area contributed by atoms with Crippen molar-refractivity contribution in [1.29, 1.82) is 0 Å². The molecule has 0 atom stereocenters. The van der Waals surface area contributed by atoms with Crippen molar-refractivity contribution in [3.05, 3.63) is 23.6 Å². The normalized spacial score (nSPS) is 10.0. The van der Waals surface area contributed by atoms with Crippen LogP contribution < -0.4 is 10.2 Å². The Balaban J connectivity index is 3.03. The van der Waals surface area contributed by atoms with Crippen molar-refractivity contribution in [3.63, 3.8) is 0 Å². The third kappa shape index (κ3) is 3.72. The van der Waals surface area contributed by atoms with E-state index in [4.69, 9.17) is 6.42 Å². The Morgan fingerprint density at radius 2 is 2.35 bits per heavy atom. The fourth-order valence-electron chi connectivity index (χ4n) is 1.72. The van der Waals surface area contributed by atoms with Crippen LogP contribution in [0.3, 0.4) is 0 Å². The summed E-state index contributed by atoms with van der Waals surface area (Å²) in [6, 6.07) is 1.50. The maximum Gasteiger partial charge on any atom is 0.141 e. The van der Waals surface area contributed by atoms with E-state index < -0.39 is 0 Å². The standard InChI is InChI=1S/C13H18FN3/c1-4-6-17(7-5-2)13-11(9-15-3)8-12(14)10-16-13/h1,8,10,15H,5-7,9H2,2-3H3. The lowest BCUT2D eigenvalue weighted by Crippen LogP contribution is -2.27. The first-order valence-electron chi connectivity index (χ1n) is 5.70. The van der Waals surface area contributed by atoms with Crippen LogP contribution in [-0.2, 0) is 6.54 Å². The predicted octanol–water partition coefficient (Wildman–Crippen LogP) is 1.79. The topological polar surface area (TPSA) is 28.2 Å². The van der Waals surface area contributed by atoms with Crippen molar-refractivity contribution < 1.29 is 4.39 Å². The molecule has 1 N–H and O–H groups in total. The molecule has 1 rings (SSSR count). The Bertz CT molecular complexity index is 398. The summed E-state index contributed by atoms with van der Waals surface area (Å²) in [6.45, 7) is 3.96. The van der Waals surface area contributed by atoms with E-state index in [1.54, 1.807) is 0 Å². The summed E-state index contributed by atoms with van der Waals surface area (Å²) in [5.41, 5.74) is 0.830. The molecule has 0 amide bonds.